The highest BCUT2D eigenvalue weighted by molar-refractivity contribution is 5.04. The third-order valence-corrected chi connectivity index (χ3v) is 2.54. The molecule has 1 atom stereocenters. The molecule has 2 aliphatic rings. The van der Waals surface area contributed by atoms with Crippen molar-refractivity contribution in [2.75, 3.05) is 13.1 Å². The van der Waals surface area contributed by atoms with Gasteiger partial charge in [-0.3, -0.25) is 0 Å². The fraction of sp³-hybridized carbons (Fsp3) is 0.600. The number of allylic oxidation sites excluding steroid dienone is 2. The van der Waals surface area contributed by atoms with E-state index in [1.165, 1.54) is 0 Å². The standard InChI is InChI=1S/C10H16N4/c11-9-5-7-14(8-9)10-4-2-1-3-6-12-13-10/h3-4,6,9H,1-2,5,7-8,11H2/b6-3-,10-4+,13-12-/t9-/m1/s1. The molecule has 4 heteroatoms. The van der Waals surface area contributed by atoms with Gasteiger partial charge in [0.1, 0.15) is 5.82 Å². The van der Waals surface area contributed by atoms with Gasteiger partial charge < -0.3 is 10.6 Å². The van der Waals surface area contributed by atoms with E-state index in [4.69, 9.17) is 5.73 Å². The van der Waals surface area contributed by atoms with Gasteiger partial charge in [-0.15, -0.1) is 5.11 Å². The van der Waals surface area contributed by atoms with Crippen LogP contribution in [0.25, 0.3) is 0 Å². The number of nitrogens with zero attached hydrogens (tertiary/aromatic N) is 3. The zero-order valence-electron chi connectivity index (χ0n) is 8.26. The highest BCUT2D eigenvalue weighted by atomic mass is 15.3. The van der Waals surface area contributed by atoms with Crippen LogP contribution < -0.4 is 5.73 Å². The Bertz CT molecular complexity index is 280. The van der Waals surface area contributed by atoms with E-state index >= 15 is 0 Å². The van der Waals surface area contributed by atoms with Crippen molar-refractivity contribution < 1.29 is 0 Å². The van der Waals surface area contributed by atoms with Crippen molar-refractivity contribution >= 4 is 0 Å². The lowest BCUT2D eigenvalue weighted by Gasteiger charge is -2.17. The lowest BCUT2D eigenvalue weighted by Crippen LogP contribution is -2.25. The summed E-state index contributed by atoms with van der Waals surface area (Å²) in [6.45, 7) is 1.92. The van der Waals surface area contributed by atoms with Crippen LogP contribution in [0.5, 0.6) is 0 Å². The minimum atomic E-state index is 0.298. The fourth-order valence-corrected chi connectivity index (χ4v) is 1.75. The third kappa shape index (κ3) is 2.20. The smallest absolute Gasteiger partial charge is 0.147 e. The molecule has 0 amide bonds. The molecule has 1 saturated heterocycles. The maximum Gasteiger partial charge on any atom is 0.147 e. The van der Waals surface area contributed by atoms with Gasteiger partial charge in [0.2, 0.25) is 0 Å². The predicted molar refractivity (Wildman–Crippen MR) is 55.5 cm³/mol. The van der Waals surface area contributed by atoms with Crippen LogP contribution in [0.2, 0.25) is 0 Å². The molecule has 0 radical (unpaired) electrons. The van der Waals surface area contributed by atoms with Crippen LogP contribution in [0.1, 0.15) is 19.3 Å². The van der Waals surface area contributed by atoms with Crippen molar-refractivity contribution in [3.8, 4) is 0 Å². The molecule has 0 aromatic heterocycles. The van der Waals surface area contributed by atoms with E-state index in [9.17, 15) is 0 Å². The van der Waals surface area contributed by atoms with Crippen LogP contribution in [-0.2, 0) is 0 Å². The Morgan fingerprint density at radius 2 is 2.36 bits per heavy atom. The van der Waals surface area contributed by atoms with E-state index in [2.05, 4.69) is 21.2 Å². The summed E-state index contributed by atoms with van der Waals surface area (Å²) in [7, 11) is 0. The summed E-state index contributed by atoms with van der Waals surface area (Å²) in [6.07, 6.45) is 9.09. The van der Waals surface area contributed by atoms with E-state index in [1.54, 1.807) is 6.20 Å². The molecule has 0 spiro atoms. The Kier molecular flexibility index (Phi) is 2.93. The number of rotatable bonds is 1. The Morgan fingerprint density at radius 3 is 3.14 bits per heavy atom. The van der Waals surface area contributed by atoms with Gasteiger partial charge >= 0.3 is 0 Å². The minimum Gasteiger partial charge on any atom is -0.354 e. The second kappa shape index (κ2) is 4.37. The van der Waals surface area contributed by atoms with Gasteiger partial charge in [0.25, 0.3) is 0 Å². The second-order valence-corrected chi connectivity index (χ2v) is 3.73. The first kappa shape index (κ1) is 9.40. The first-order chi connectivity index (χ1) is 6.86. The Balaban J connectivity index is 2.05. The Labute approximate surface area is 84.2 Å². The minimum absolute atomic E-state index is 0.298. The average molecular weight is 192 g/mol. The number of hydrogen-bond acceptors (Lipinski definition) is 4. The average Bonchev–Trinajstić information content (AvgIpc) is 2.51. The molecule has 0 aromatic rings. The maximum atomic E-state index is 5.85. The SMILES string of the molecule is N[C@@H]1CCN(C2=C/CC\C=C/N=N\2)C1. The van der Waals surface area contributed by atoms with Crippen LogP contribution in [0.3, 0.4) is 0 Å². The van der Waals surface area contributed by atoms with Crippen molar-refractivity contribution in [1.29, 1.82) is 0 Å². The number of hydrogen-bond donors (Lipinski definition) is 1. The monoisotopic (exact) mass is 192 g/mol. The molecule has 4 nitrogen and oxygen atoms in total. The summed E-state index contributed by atoms with van der Waals surface area (Å²) >= 11 is 0. The van der Waals surface area contributed by atoms with Crippen molar-refractivity contribution in [2.24, 2.45) is 16.0 Å². The summed E-state index contributed by atoms with van der Waals surface area (Å²) in [5.41, 5.74) is 5.85. The summed E-state index contributed by atoms with van der Waals surface area (Å²) < 4.78 is 0. The van der Waals surface area contributed by atoms with E-state index < -0.39 is 0 Å². The highest BCUT2D eigenvalue weighted by Crippen LogP contribution is 2.17. The van der Waals surface area contributed by atoms with Gasteiger partial charge in [0, 0.05) is 25.3 Å². The molecule has 0 saturated carbocycles. The maximum absolute atomic E-state index is 5.85. The molecule has 2 heterocycles. The lowest BCUT2D eigenvalue weighted by molar-refractivity contribution is 0.408. The first-order valence-electron chi connectivity index (χ1n) is 5.13. The van der Waals surface area contributed by atoms with Gasteiger partial charge in [-0.05, 0) is 25.3 Å². The largest absolute Gasteiger partial charge is 0.354 e. The number of azo groups is 1. The molecule has 0 bridgehead atoms. The summed E-state index contributed by atoms with van der Waals surface area (Å²) in [5.74, 6) is 0.988. The topological polar surface area (TPSA) is 54.0 Å². The van der Waals surface area contributed by atoms with Crippen molar-refractivity contribution in [3.63, 3.8) is 0 Å². The van der Waals surface area contributed by atoms with Crippen LogP contribution in [0, 0.1) is 0 Å². The van der Waals surface area contributed by atoms with E-state index in [0.29, 0.717) is 6.04 Å². The molecule has 2 rings (SSSR count). The van der Waals surface area contributed by atoms with Crippen molar-refractivity contribution in [3.05, 3.63) is 24.2 Å². The van der Waals surface area contributed by atoms with Crippen LogP contribution >= 0.6 is 0 Å². The van der Waals surface area contributed by atoms with E-state index in [-0.39, 0.29) is 0 Å². The molecule has 0 aromatic carbocycles. The molecule has 0 aliphatic carbocycles. The zero-order chi connectivity index (χ0) is 9.80. The van der Waals surface area contributed by atoms with Gasteiger partial charge in [0.05, 0.1) is 0 Å². The molecule has 0 unspecified atom stereocenters. The molecule has 1 fully saturated rings. The van der Waals surface area contributed by atoms with Gasteiger partial charge in [0.15, 0.2) is 0 Å². The van der Waals surface area contributed by atoms with Gasteiger partial charge in [-0.1, -0.05) is 6.08 Å². The second-order valence-electron chi connectivity index (χ2n) is 3.73. The third-order valence-electron chi connectivity index (χ3n) is 2.54. The van der Waals surface area contributed by atoms with Gasteiger partial charge in [-0.25, -0.2) is 0 Å². The Morgan fingerprint density at radius 1 is 1.43 bits per heavy atom. The molecular weight excluding hydrogens is 176 g/mol. The van der Waals surface area contributed by atoms with Gasteiger partial charge in [-0.2, -0.15) is 5.11 Å². The van der Waals surface area contributed by atoms with E-state index in [0.717, 1.165) is 38.2 Å². The lowest BCUT2D eigenvalue weighted by atomic mass is 10.3. The Hall–Kier alpha value is -1.16. The summed E-state index contributed by atoms with van der Waals surface area (Å²) in [5, 5.41) is 8.14. The first-order valence-corrected chi connectivity index (χ1v) is 5.13. The van der Waals surface area contributed by atoms with Crippen LogP contribution in [0.4, 0.5) is 0 Å². The number of likely N-dealkylation sites (tertiary alicyclic amines) is 1. The van der Waals surface area contributed by atoms with Crippen LogP contribution in [-0.4, -0.2) is 24.0 Å². The molecular formula is C10H16N4. The molecule has 2 aliphatic heterocycles. The quantitative estimate of drug-likeness (QED) is 0.686. The van der Waals surface area contributed by atoms with E-state index in [1.807, 2.05) is 6.08 Å². The molecule has 76 valence electrons. The van der Waals surface area contributed by atoms with Crippen molar-refractivity contribution in [1.82, 2.24) is 4.90 Å². The molecule has 2 N–H and O–H groups in total. The summed E-state index contributed by atoms with van der Waals surface area (Å²) in [6, 6.07) is 0.298. The summed E-state index contributed by atoms with van der Waals surface area (Å²) in [4.78, 5) is 2.22. The zero-order valence-corrected chi connectivity index (χ0v) is 8.26. The predicted octanol–water partition coefficient (Wildman–Crippen LogP) is 1.62. The van der Waals surface area contributed by atoms with Crippen LogP contribution in [0.15, 0.2) is 34.4 Å². The highest BCUT2D eigenvalue weighted by Gasteiger charge is 2.20. The van der Waals surface area contributed by atoms with Crippen molar-refractivity contribution in [2.45, 2.75) is 25.3 Å². The fourth-order valence-electron chi connectivity index (χ4n) is 1.75. The molecule has 14 heavy (non-hydrogen) atoms. The number of nitrogens with two attached hydrogens (primary N) is 1. The normalized spacial score (nSPS) is 35.6.